The summed E-state index contributed by atoms with van der Waals surface area (Å²) in [7, 11) is 0. The first-order valence-corrected chi connectivity index (χ1v) is 5.63. The number of nitrogens with one attached hydrogen (secondary N) is 1. The molecule has 2 amide bonds. The number of anilines is 1. The molecular formula is C8H11N5O2S. The fourth-order valence-corrected chi connectivity index (χ4v) is 2.01. The van der Waals surface area contributed by atoms with Crippen LogP contribution in [0.15, 0.2) is 0 Å². The first-order chi connectivity index (χ1) is 7.66. The molecule has 1 fully saturated rings. The van der Waals surface area contributed by atoms with Gasteiger partial charge in [0, 0.05) is 13.1 Å². The minimum absolute atomic E-state index is 0.0678. The summed E-state index contributed by atoms with van der Waals surface area (Å²) in [4.78, 5) is 24.6. The summed E-state index contributed by atoms with van der Waals surface area (Å²) in [5, 5.41) is 10.4. The molecule has 8 heteroatoms. The van der Waals surface area contributed by atoms with E-state index in [1.807, 2.05) is 0 Å². The Morgan fingerprint density at radius 2 is 2.31 bits per heavy atom. The second-order valence-corrected chi connectivity index (χ2v) is 4.38. The molecule has 1 aliphatic rings. The molecule has 0 atom stereocenters. The van der Waals surface area contributed by atoms with Crippen molar-refractivity contribution in [2.24, 2.45) is 0 Å². The molecular weight excluding hydrogens is 230 g/mol. The van der Waals surface area contributed by atoms with Crippen LogP contribution in [0.4, 0.5) is 5.13 Å². The highest BCUT2D eigenvalue weighted by Gasteiger charge is 2.23. The van der Waals surface area contributed by atoms with Gasteiger partial charge in [-0.1, -0.05) is 11.3 Å². The van der Waals surface area contributed by atoms with Gasteiger partial charge in [-0.05, 0) is 6.42 Å². The van der Waals surface area contributed by atoms with Gasteiger partial charge in [0.15, 0.2) is 0 Å². The maximum Gasteiger partial charge on any atom is 0.285 e. The van der Waals surface area contributed by atoms with Crippen molar-refractivity contribution in [1.82, 2.24) is 20.4 Å². The molecule has 1 aromatic heterocycles. The Balaban J connectivity index is 2.11. The number of carbonyl (C=O) groups is 2. The van der Waals surface area contributed by atoms with E-state index in [1.54, 1.807) is 0 Å². The highest BCUT2D eigenvalue weighted by atomic mass is 32.1. The van der Waals surface area contributed by atoms with Gasteiger partial charge in [0.05, 0.1) is 6.54 Å². The average Bonchev–Trinajstić information content (AvgIpc) is 2.56. The molecule has 0 radical (unpaired) electrons. The van der Waals surface area contributed by atoms with E-state index in [4.69, 9.17) is 5.73 Å². The Hall–Kier alpha value is -1.70. The molecule has 0 bridgehead atoms. The number of carbonyl (C=O) groups excluding carboxylic acids is 2. The van der Waals surface area contributed by atoms with Gasteiger partial charge < -0.3 is 16.0 Å². The Morgan fingerprint density at radius 1 is 1.50 bits per heavy atom. The van der Waals surface area contributed by atoms with Crippen LogP contribution in [0.2, 0.25) is 0 Å². The number of hydrogen-bond acceptors (Lipinski definition) is 6. The van der Waals surface area contributed by atoms with E-state index in [0.29, 0.717) is 13.1 Å². The predicted molar refractivity (Wildman–Crippen MR) is 57.9 cm³/mol. The molecule has 0 unspecified atom stereocenters. The van der Waals surface area contributed by atoms with Crippen molar-refractivity contribution in [1.29, 1.82) is 0 Å². The summed E-state index contributed by atoms with van der Waals surface area (Å²) in [6.07, 6.45) is 0.742. The number of nitrogens with two attached hydrogens (primary N) is 1. The molecule has 7 nitrogen and oxygen atoms in total. The van der Waals surface area contributed by atoms with Crippen LogP contribution in [0.25, 0.3) is 0 Å². The van der Waals surface area contributed by atoms with Crippen molar-refractivity contribution in [2.45, 2.75) is 6.42 Å². The third-order valence-corrected chi connectivity index (χ3v) is 2.91. The molecule has 1 saturated heterocycles. The van der Waals surface area contributed by atoms with E-state index in [2.05, 4.69) is 15.5 Å². The van der Waals surface area contributed by atoms with Crippen LogP contribution in [-0.2, 0) is 4.79 Å². The van der Waals surface area contributed by atoms with Gasteiger partial charge in [-0.15, -0.1) is 10.2 Å². The molecule has 3 N–H and O–H groups in total. The van der Waals surface area contributed by atoms with Crippen LogP contribution in [0.5, 0.6) is 0 Å². The number of hydrogen-bond donors (Lipinski definition) is 2. The third kappa shape index (κ3) is 2.27. The zero-order valence-corrected chi connectivity index (χ0v) is 9.29. The molecule has 16 heavy (non-hydrogen) atoms. The lowest BCUT2D eigenvalue weighted by Gasteiger charge is -2.16. The van der Waals surface area contributed by atoms with Crippen LogP contribution >= 0.6 is 11.3 Å². The predicted octanol–water partition coefficient (Wildman–Crippen LogP) is -0.918. The van der Waals surface area contributed by atoms with Gasteiger partial charge in [-0.3, -0.25) is 9.59 Å². The minimum atomic E-state index is -0.286. The van der Waals surface area contributed by atoms with E-state index < -0.39 is 0 Å². The van der Waals surface area contributed by atoms with Crippen molar-refractivity contribution in [3.63, 3.8) is 0 Å². The fourth-order valence-electron chi connectivity index (χ4n) is 1.44. The Labute approximate surface area is 95.6 Å². The maximum absolute atomic E-state index is 11.9. The van der Waals surface area contributed by atoms with E-state index in [9.17, 15) is 9.59 Å². The fraction of sp³-hybridized carbons (Fsp3) is 0.500. The lowest BCUT2D eigenvalue weighted by molar-refractivity contribution is -0.121. The second-order valence-electron chi connectivity index (χ2n) is 3.38. The highest BCUT2D eigenvalue weighted by molar-refractivity contribution is 7.16. The first-order valence-electron chi connectivity index (χ1n) is 4.82. The van der Waals surface area contributed by atoms with Crippen LogP contribution in [0.1, 0.15) is 16.2 Å². The van der Waals surface area contributed by atoms with E-state index >= 15 is 0 Å². The molecule has 0 spiro atoms. The van der Waals surface area contributed by atoms with Gasteiger partial charge in [-0.25, -0.2) is 0 Å². The first kappa shape index (κ1) is 10.8. The van der Waals surface area contributed by atoms with Crippen molar-refractivity contribution >= 4 is 28.3 Å². The number of nitrogen functional groups attached to an aromatic ring is 1. The van der Waals surface area contributed by atoms with Crippen LogP contribution in [-0.4, -0.2) is 46.5 Å². The smallest absolute Gasteiger partial charge is 0.285 e. The Morgan fingerprint density at radius 3 is 3.00 bits per heavy atom. The van der Waals surface area contributed by atoms with Gasteiger partial charge in [-0.2, -0.15) is 0 Å². The topological polar surface area (TPSA) is 101 Å². The largest absolute Gasteiger partial charge is 0.374 e. The van der Waals surface area contributed by atoms with Crippen molar-refractivity contribution in [3.8, 4) is 0 Å². The number of aromatic nitrogens is 2. The third-order valence-electron chi connectivity index (χ3n) is 2.17. The standard InChI is InChI=1S/C8H11N5O2S/c9-8-12-11-6(16-8)7(15)13-3-1-2-10-5(14)4-13/h1-4H2,(H2,9,12)(H,10,14). The molecule has 2 rings (SSSR count). The van der Waals surface area contributed by atoms with Gasteiger partial charge in [0.25, 0.3) is 5.91 Å². The monoisotopic (exact) mass is 241 g/mol. The Bertz CT molecular complexity index is 418. The number of amides is 2. The average molecular weight is 241 g/mol. The summed E-state index contributed by atoms with van der Waals surface area (Å²) in [6, 6.07) is 0. The van der Waals surface area contributed by atoms with E-state index in [-0.39, 0.29) is 28.5 Å². The van der Waals surface area contributed by atoms with Crippen LogP contribution in [0.3, 0.4) is 0 Å². The van der Waals surface area contributed by atoms with E-state index in [1.165, 1.54) is 4.90 Å². The molecule has 2 heterocycles. The maximum atomic E-state index is 11.9. The number of rotatable bonds is 1. The summed E-state index contributed by atoms with van der Waals surface area (Å²) >= 11 is 1.03. The molecule has 1 aliphatic heterocycles. The summed E-state index contributed by atoms with van der Waals surface area (Å²) in [6.45, 7) is 1.20. The zero-order valence-electron chi connectivity index (χ0n) is 8.47. The molecule has 0 aliphatic carbocycles. The second kappa shape index (κ2) is 4.44. The zero-order chi connectivity index (χ0) is 11.5. The lowest BCUT2D eigenvalue weighted by atomic mass is 10.4. The Kier molecular flexibility index (Phi) is 3.00. The SMILES string of the molecule is Nc1nnc(C(=O)N2CCCNC(=O)C2)s1. The van der Waals surface area contributed by atoms with Crippen molar-refractivity contribution in [2.75, 3.05) is 25.4 Å². The van der Waals surface area contributed by atoms with Crippen molar-refractivity contribution in [3.05, 3.63) is 5.01 Å². The van der Waals surface area contributed by atoms with Gasteiger partial charge >= 0.3 is 0 Å². The van der Waals surface area contributed by atoms with E-state index in [0.717, 1.165) is 17.8 Å². The lowest BCUT2D eigenvalue weighted by Crippen LogP contribution is -2.37. The summed E-state index contributed by atoms with van der Waals surface area (Å²) in [5.41, 5.74) is 5.40. The molecule has 86 valence electrons. The van der Waals surface area contributed by atoms with Gasteiger partial charge in [0.2, 0.25) is 16.0 Å². The van der Waals surface area contributed by atoms with Gasteiger partial charge in [0.1, 0.15) is 0 Å². The minimum Gasteiger partial charge on any atom is -0.374 e. The van der Waals surface area contributed by atoms with Crippen LogP contribution in [0, 0.1) is 0 Å². The number of nitrogens with zero attached hydrogens (tertiary/aromatic N) is 3. The summed E-state index contributed by atoms with van der Waals surface area (Å²) in [5.74, 6) is -0.436. The quantitative estimate of drug-likeness (QED) is 0.662. The molecule has 1 aromatic rings. The molecule has 0 aromatic carbocycles. The summed E-state index contributed by atoms with van der Waals surface area (Å²) < 4.78 is 0. The highest BCUT2D eigenvalue weighted by Crippen LogP contribution is 2.14. The van der Waals surface area contributed by atoms with Crippen LogP contribution < -0.4 is 11.1 Å². The van der Waals surface area contributed by atoms with Crippen molar-refractivity contribution < 1.29 is 9.59 Å². The normalized spacial score (nSPS) is 16.8. The molecule has 0 saturated carbocycles.